The SMILES string of the molecule is O=C(C1CCN(c2cnccc2-n2ccc(Cl)c2)CC1(F)F)N1CC2C[C@H](C1)O2. The Morgan fingerprint density at radius 3 is 2.66 bits per heavy atom. The van der Waals surface area contributed by atoms with Crippen LogP contribution >= 0.6 is 11.6 Å². The van der Waals surface area contributed by atoms with E-state index < -0.39 is 24.3 Å². The van der Waals surface area contributed by atoms with Crippen LogP contribution in [0.25, 0.3) is 5.69 Å². The van der Waals surface area contributed by atoms with E-state index in [1.54, 1.807) is 51.3 Å². The maximum absolute atomic E-state index is 15.1. The highest BCUT2D eigenvalue weighted by Gasteiger charge is 2.52. The Balaban J connectivity index is 1.35. The van der Waals surface area contributed by atoms with Crippen molar-refractivity contribution in [2.24, 2.45) is 5.92 Å². The van der Waals surface area contributed by atoms with Crippen LogP contribution in [0.1, 0.15) is 12.8 Å². The fraction of sp³-hybridized carbons (Fsp3) is 0.500. The molecule has 0 N–H and O–H groups in total. The molecule has 2 bridgehead atoms. The molecule has 3 atom stereocenters. The lowest BCUT2D eigenvalue weighted by Crippen LogP contribution is -2.62. The molecule has 2 aromatic rings. The molecule has 6 heterocycles. The first-order valence-corrected chi connectivity index (χ1v) is 10.1. The zero-order chi connectivity index (χ0) is 20.2. The summed E-state index contributed by atoms with van der Waals surface area (Å²) in [5, 5.41) is 0.561. The summed E-state index contributed by atoms with van der Waals surface area (Å²) in [4.78, 5) is 20.1. The van der Waals surface area contributed by atoms with Crippen molar-refractivity contribution in [3.63, 3.8) is 0 Å². The largest absolute Gasteiger partial charge is 0.371 e. The number of hydrogen-bond acceptors (Lipinski definition) is 4. The van der Waals surface area contributed by atoms with Crippen LogP contribution < -0.4 is 4.90 Å². The predicted octanol–water partition coefficient (Wildman–Crippen LogP) is 2.99. The van der Waals surface area contributed by atoms with Crippen LogP contribution in [0.5, 0.6) is 0 Å². The second-order valence-electron chi connectivity index (χ2n) is 7.98. The smallest absolute Gasteiger partial charge is 0.276 e. The summed E-state index contributed by atoms with van der Waals surface area (Å²) >= 11 is 6.01. The molecule has 0 radical (unpaired) electrons. The molecule has 29 heavy (non-hydrogen) atoms. The third kappa shape index (κ3) is 3.38. The Bertz CT molecular complexity index is 921. The van der Waals surface area contributed by atoms with Crippen molar-refractivity contribution in [2.75, 3.05) is 31.1 Å². The lowest BCUT2D eigenvalue weighted by Gasteiger charge is -2.49. The van der Waals surface area contributed by atoms with E-state index in [0.717, 1.165) is 12.1 Å². The molecule has 0 spiro atoms. The molecular formula is C20H21ClF2N4O2. The van der Waals surface area contributed by atoms with Crippen molar-refractivity contribution in [3.05, 3.63) is 41.9 Å². The van der Waals surface area contributed by atoms with Crippen molar-refractivity contribution in [1.82, 2.24) is 14.5 Å². The van der Waals surface area contributed by atoms with Gasteiger partial charge in [0.1, 0.15) is 5.92 Å². The molecular weight excluding hydrogens is 402 g/mol. The van der Waals surface area contributed by atoms with Crippen molar-refractivity contribution in [1.29, 1.82) is 0 Å². The molecule has 2 aromatic heterocycles. The predicted molar refractivity (Wildman–Crippen MR) is 104 cm³/mol. The number of piperidine rings is 2. The average molecular weight is 423 g/mol. The minimum atomic E-state index is -3.13. The van der Waals surface area contributed by atoms with E-state index in [2.05, 4.69) is 4.98 Å². The topological polar surface area (TPSA) is 50.6 Å². The van der Waals surface area contributed by atoms with Crippen LogP contribution in [-0.2, 0) is 9.53 Å². The lowest BCUT2D eigenvalue weighted by atomic mass is 9.89. The number of pyridine rings is 1. The van der Waals surface area contributed by atoms with E-state index in [1.807, 2.05) is 0 Å². The fourth-order valence-electron chi connectivity index (χ4n) is 4.57. The molecule has 0 saturated carbocycles. The molecule has 4 aliphatic rings. The first kappa shape index (κ1) is 18.8. The molecule has 6 rings (SSSR count). The fourth-order valence-corrected chi connectivity index (χ4v) is 4.73. The van der Waals surface area contributed by atoms with Gasteiger partial charge in [0.2, 0.25) is 5.91 Å². The summed E-state index contributed by atoms with van der Waals surface area (Å²) in [7, 11) is 0. The minimum absolute atomic E-state index is 0.0118. The van der Waals surface area contributed by atoms with Gasteiger partial charge >= 0.3 is 0 Å². The third-order valence-corrected chi connectivity index (χ3v) is 6.24. The van der Waals surface area contributed by atoms with E-state index in [9.17, 15) is 4.79 Å². The number of aromatic nitrogens is 2. The molecule has 0 aliphatic carbocycles. The van der Waals surface area contributed by atoms with Crippen molar-refractivity contribution < 1.29 is 18.3 Å². The summed E-state index contributed by atoms with van der Waals surface area (Å²) < 4.78 is 37.5. The van der Waals surface area contributed by atoms with Gasteiger partial charge in [-0.2, -0.15) is 0 Å². The van der Waals surface area contributed by atoms with Gasteiger partial charge in [-0.05, 0) is 18.6 Å². The van der Waals surface area contributed by atoms with E-state index in [4.69, 9.17) is 16.3 Å². The first-order chi connectivity index (χ1) is 13.9. The van der Waals surface area contributed by atoms with Crippen molar-refractivity contribution >= 4 is 23.2 Å². The summed E-state index contributed by atoms with van der Waals surface area (Å²) in [6.07, 6.45) is 7.74. The Kier molecular flexibility index (Phi) is 4.51. The third-order valence-electron chi connectivity index (χ3n) is 6.02. The summed E-state index contributed by atoms with van der Waals surface area (Å²) in [6, 6.07) is 3.50. The van der Waals surface area contributed by atoms with Crippen LogP contribution in [0.15, 0.2) is 36.9 Å². The summed E-state index contributed by atoms with van der Waals surface area (Å²) in [6.45, 7) is 0.685. The summed E-state index contributed by atoms with van der Waals surface area (Å²) in [5.74, 6) is -4.87. The monoisotopic (exact) mass is 422 g/mol. The zero-order valence-electron chi connectivity index (χ0n) is 15.7. The number of halogens is 3. The van der Waals surface area contributed by atoms with Crippen LogP contribution in [0.2, 0.25) is 5.02 Å². The number of nitrogens with zero attached hydrogens (tertiary/aromatic N) is 4. The van der Waals surface area contributed by atoms with Gasteiger partial charge in [0.05, 0.1) is 41.3 Å². The normalized spacial score (nSPS) is 28.2. The lowest BCUT2D eigenvalue weighted by molar-refractivity contribution is -0.196. The highest BCUT2D eigenvalue weighted by molar-refractivity contribution is 6.30. The van der Waals surface area contributed by atoms with Gasteiger partial charge in [-0.1, -0.05) is 11.6 Å². The van der Waals surface area contributed by atoms with Gasteiger partial charge in [-0.15, -0.1) is 0 Å². The molecule has 4 aliphatic heterocycles. The number of ether oxygens (including phenoxy) is 1. The number of carbonyl (C=O) groups is 1. The van der Waals surface area contributed by atoms with Crippen LogP contribution in [0.4, 0.5) is 14.5 Å². The first-order valence-electron chi connectivity index (χ1n) is 9.75. The van der Waals surface area contributed by atoms with Crippen LogP contribution in [-0.4, -0.2) is 64.7 Å². The number of rotatable bonds is 3. The number of fused-ring (bicyclic) bond motifs is 2. The number of hydrogen-bond donors (Lipinski definition) is 0. The molecule has 154 valence electrons. The second-order valence-corrected chi connectivity index (χ2v) is 8.42. The Hall–Kier alpha value is -2.19. The highest BCUT2D eigenvalue weighted by atomic mass is 35.5. The Morgan fingerprint density at radius 2 is 2.00 bits per heavy atom. The van der Waals surface area contributed by atoms with Gasteiger partial charge in [0.15, 0.2) is 0 Å². The number of anilines is 1. The maximum atomic E-state index is 15.1. The Morgan fingerprint density at radius 1 is 1.24 bits per heavy atom. The van der Waals surface area contributed by atoms with Crippen LogP contribution in [0, 0.1) is 5.92 Å². The molecule has 6 nitrogen and oxygen atoms in total. The van der Waals surface area contributed by atoms with Gasteiger partial charge < -0.3 is 19.1 Å². The van der Waals surface area contributed by atoms with E-state index in [-0.39, 0.29) is 18.6 Å². The van der Waals surface area contributed by atoms with Gasteiger partial charge in [0.25, 0.3) is 5.92 Å². The number of amides is 1. The molecule has 2 unspecified atom stereocenters. The number of alkyl halides is 2. The molecule has 4 fully saturated rings. The minimum Gasteiger partial charge on any atom is -0.371 e. The number of carbonyl (C=O) groups excluding carboxylic acids is 1. The van der Waals surface area contributed by atoms with Gasteiger partial charge in [0, 0.05) is 44.6 Å². The maximum Gasteiger partial charge on any atom is 0.276 e. The zero-order valence-corrected chi connectivity index (χ0v) is 16.4. The summed E-state index contributed by atoms with van der Waals surface area (Å²) in [5.41, 5.74) is 1.32. The average Bonchev–Trinajstić information content (AvgIpc) is 3.12. The molecule has 4 saturated heterocycles. The van der Waals surface area contributed by atoms with Gasteiger partial charge in [-0.3, -0.25) is 9.78 Å². The second kappa shape index (κ2) is 6.95. The molecule has 0 aromatic carbocycles. The molecule has 1 amide bonds. The number of morpholine rings is 1. The highest BCUT2D eigenvalue weighted by Crippen LogP contribution is 2.39. The van der Waals surface area contributed by atoms with Crippen LogP contribution in [0.3, 0.4) is 0 Å². The van der Waals surface area contributed by atoms with Crippen molar-refractivity contribution in [2.45, 2.75) is 31.0 Å². The van der Waals surface area contributed by atoms with Gasteiger partial charge in [-0.25, -0.2) is 8.78 Å². The molecule has 9 heteroatoms. The van der Waals surface area contributed by atoms with Crippen molar-refractivity contribution in [3.8, 4) is 5.69 Å². The van der Waals surface area contributed by atoms with E-state index in [1.165, 1.54) is 0 Å². The van der Waals surface area contributed by atoms with E-state index >= 15 is 8.78 Å². The standard InChI is InChI=1S/C20H21ClF2N4O2/c21-13-2-5-25(9-13)17-1-4-24-8-18(17)26-6-3-16(20(22,23)12-26)19(28)27-10-14-7-15(11-27)29-14/h1-2,4-5,8-9,14-16H,3,6-7,10-12H2/t14-,15?,16?/m1/s1. The quantitative estimate of drug-likeness (QED) is 0.763. The van der Waals surface area contributed by atoms with E-state index in [0.29, 0.717) is 30.3 Å². The Labute approximate surface area is 172 Å².